The number of rotatable bonds is 9. The largest absolute Gasteiger partial charge is 0.475 e. The van der Waals surface area contributed by atoms with Crippen molar-refractivity contribution in [1.29, 1.82) is 0 Å². The van der Waals surface area contributed by atoms with Crippen molar-refractivity contribution in [2.75, 3.05) is 39.0 Å². The van der Waals surface area contributed by atoms with Crippen LogP contribution in [-0.4, -0.2) is 43.5 Å². The Morgan fingerprint density at radius 1 is 1.33 bits per heavy atom. The molecule has 1 aromatic rings. The minimum Gasteiger partial charge on any atom is -0.475 e. The van der Waals surface area contributed by atoms with Crippen LogP contribution < -0.4 is 16.0 Å². The molecule has 0 aliphatic heterocycles. The molecule has 1 heterocycles. The molecule has 0 amide bonds. The predicted octanol–water partition coefficient (Wildman–Crippen LogP) is 0.333. The molecule has 0 spiro atoms. The zero-order valence-electron chi connectivity index (χ0n) is 10.2. The van der Waals surface area contributed by atoms with Gasteiger partial charge in [-0.2, -0.15) is 9.37 Å². The van der Waals surface area contributed by atoms with Crippen LogP contribution in [0.1, 0.15) is 6.42 Å². The molecule has 0 saturated carbocycles. The Hall–Kier alpha value is -1.51. The lowest BCUT2D eigenvalue weighted by molar-refractivity contribution is 0.0639. The average molecular weight is 260 g/mol. The van der Waals surface area contributed by atoms with Crippen LogP contribution in [0.15, 0.2) is 6.20 Å². The molecule has 0 aromatic carbocycles. The second-order valence-electron chi connectivity index (χ2n) is 3.30. The number of hydrazine groups is 1. The van der Waals surface area contributed by atoms with E-state index < -0.39 is 5.82 Å². The third-order valence-electron chi connectivity index (χ3n) is 1.94. The lowest BCUT2D eigenvalue weighted by Gasteiger charge is -2.07. The van der Waals surface area contributed by atoms with Crippen LogP contribution in [0.4, 0.5) is 10.3 Å². The molecule has 102 valence electrons. The van der Waals surface area contributed by atoms with E-state index in [9.17, 15) is 4.39 Å². The molecule has 0 radical (unpaired) electrons. The number of nitrogen functional groups attached to an aromatic ring is 1. The highest BCUT2D eigenvalue weighted by molar-refractivity contribution is 5.26. The number of halogens is 1. The van der Waals surface area contributed by atoms with Gasteiger partial charge in [0.05, 0.1) is 26.0 Å². The van der Waals surface area contributed by atoms with Gasteiger partial charge in [-0.1, -0.05) is 0 Å². The van der Waals surface area contributed by atoms with E-state index in [4.69, 9.17) is 20.1 Å². The lowest BCUT2D eigenvalue weighted by Crippen LogP contribution is -2.12. The third-order valence-corrected chi connectivity index (χ3v) is 1.94. The summed E-state index contributed by atoms with van der Waals surface area (Å²) in [7, 11) is 1.60. The van der Waals surface area contributed by atoms with Crippen molar-refractivity contribution >= 4 is 5.95 Å². The molecular formula is C10H17FN4O3. The average Bonchev–Trinajstić information content (AvgIpc) is 2.39. The molecule has 1 rings (SSSR count). The first-order valence-corrected chi connectivity index (χ1v) is 5.46. The fourth-order valence-electron chi connectivity index (χ4n) is 1.10. The monoisotopic (exact) mass is 260 g/mol. The van der Waals surface area contributed by atoms with Gasteiger partial charge in [0, 0.05) is 20.1 Å². The number of nitrogens with zero attached hydrogens (tertiary/aromatic N) is 2. The molecule has 0 aliphatic carbocycles. The van der Waals surface area contributed by atoms with Gasteiger partial charge in [-0.15, -0.1) is 0 Å². The first-order valence-electron chi connectivity index (χ1n) is 5.46. The Morgan fingerprint density at radius 3 is 2.89 bits per heavy atom. The molecule has 8 heteroatoms. The number of aromatic nitrogens is 2. The zero-order valence-corrected chi connectivity index (χ0v) is 10.2. The van der Waals surface area contributed by atoms with Gasteiger partial charge >= 0.3 is 0 Å². The first-order chi connectivity index (χ1) is 8.77. The van der Waals surface area contributed by atoms with Crippen LogP contribution >= 0.6 is 0 Å². The molecule has 0 atom stereocenters. The molecule has 0 fully saturated rings. The van der Waals surface area contributed by atoms with Crippen molar-refractivity contribution in [2.45, 2.75) is 6.42 Å². The molecule has 7 nitrogen and oxygen atoms in total. The summed E-state index contributed by atoms with van der Waals surface area (Å²) in [6.07, 6.45) is 1.62. The van der Waals surface area contributed by atoms with Gasteiger partial charge in [0.15, 0.2) is 0 Å². The molecule has 0 bridgehead atoms. The maximum atomic E-state index is 13.2. The Labute approximate surface area is 104 Å². The third kappa shape index (κ3) is 5.21. The SMILES string of the molecule is COCCOCCCOc1nc(NN)ncc1F. The van der Waals surface area contributed by atoms with Crippen LogP contribution in [0.2, 0.25) is 0 Å². The van der Waals surface area contributed by atoms with Gasteiger partial charge in [0.25, 0.3) is 5.88 Å². The number of methoxy groups -OCH3 is 1. The fourth-order valence-corrected chi connectivity index (χ4v) is 1.10. The van der Waals surface area contributed by atoms with Gasteiger partial charge < -0.3 is 14.2 Å². The fraction of sp³-hybridized carbons (Fsp3) is 0.600. The van der Waals surface area contributed by atoms with E-state index >= 15 is 0 Å². The lowest BCUT2D eigenvalue weighted by atomic mass is 10.5. The number of anilines is 1. The number of hydrogen-bond acceptors (Lipinski definition) is 7. The van der Waals surface area contributed by atoms with E-state index in [1.54, 1.807) is 7.11 Å². The Kier molecular flexibility index (Phi) is 6.92. The van der Waals surface area contributed by atoms with Gasteiger partial charge in [-0.25, -0.2) is 10.8 Å². The van der Waals surface area contributed by atoms with Crippen LogP contribution in [0.25, 0.3) is 0 Å². The van der Waals surface area contributed by atoms with Crippen molar-refractivity contribution in [2.24, 2.45) is 5.84 Å². The molecular weight excluding hydrogens is 243 g/mol. The van der Waals surface area contributed by atoms with Crippen molar-refractivity contribution in [3.63, 3.8) is 0 Å². The quantitative estimate of drug-likeness (QED) is 0.375. The van der Waals surface area contributed by atoms with Crippen LogP contribution in [0.3, 0.4) is 0 Å². The van der Waals surface area contributed by atoms with Crippen LogP contribution in [0.5, 0.6) is 5.88 Å². The number of nitrogens with two attached hydrogens (primary N) is 1. The number of ether oxygens (including phenoxy) is 3. The Bertz CT molecular complexity index is 354. The van der Waals surface area contributed by atoms with Crippen molar-refractivity contribution in [3.05, 3.63) is 12.0 Å². The first kappa shape index (κ1) is 14.6. The summed E-state index contributed by atoms with van der Waals surface area (Å²) in [6, 6.07) is 0. The standard InChI is InChI=1S/C10H17FN4O3/c1-16-5-6-17-3-2-4-18-9-8(11)7-13-10(14-9)15-12/h7H,2-6,12H2,1H3,(H,13,14,15). The van der Waals surface area contributed by atoms with E-state index in [1.807, 2.05) is 0 Å². The summed E-state index contributed by atoms with van der Waals surface area (Å²) < 4.78 is 28.4. The number of nitrogens with one attached hydrogen (secondary N) is 1. The summed E-state index contributed by atoms with van der Waals surface area (Å²) in [5.74, 6) is 4.45. The van der Waals surface area contributed by atoms with Gasteiger partial charge in [0.1, 0.15) is 0 Å². The van der Waals surface area contributed by atoms with E-state index in [0.717, 1.165) is 6.20 Å². The van der Waals surface area contributed by atoms with Gasteiger partial charge in [-0.3, -0.25) is 5.43 Å². The normalized spacial score (nSPS) is 10.4. The Balaban J connectivity index is 2.22. The zero-order chi connectivity index (χ0) is 13.2. The smallest absolute Gasteiger partial charge is 0.255 e. The molecule has 0 unspecified atom stereocenters. The Morgan fingerprint density at radius 2 is 2.17 bits per heavy atom. The maximum absolute atomic E-state index is 13.2. The summed E-state index contributed by atoms with van der Waals surface area (Å²) in [5.41, 5.74) is 2.21. The van der Waals surface area contributed by atoms with Gasteiger partial charge in [-0.05, 0) is 0 Å². The van der Waals surface area contributed by atoms with Crippen molar-refractivity contribution < 1.29 is 18.6 Å². The van der Waals surface area contributed by atoms with Gasteiger partial charge in [0.2, 0.25) is 11.8 Å². The summed E-state index contributed by atoms with van der Waals surface area (Å²) in [6.45, 7) is 1.88. The highest BCUT2D eigenvalue weighted by Gasteiger charge is 2.07. The predicted molar refractivity (Wildman–Crippen MR) is 62.6 cm³/mol. The second kappa shape index (κ2) is 8.56. The summed E-state index contributed by atoms with van der Waals surface area (Å²) >= 11 is 0. The highest BCUT2D eigenvalue weighted by Crippen LogP contribution is 2.13. The molecule has 1 aromatic heterocycles. The topological polar surface area (TPSA) is 91.5 Å². The van der Waals surface area contributed by atoms with E-state index in [0.29, 0.717) is 32.8 Å². The molecule has 3 N–H and O–H groups in total. The molecule has 0 aliphatic rings. The van der Waals surface area contributed by atoms with Crippen molar-refractivity contribution in [3.8, 4) is 5.88 Å². The van der Waals surface area contributed by atoms with E-state index in [-0.39, 0.29) is 11.8 Å². The van der Waals surface area contributed by atoms with Crippen LogP contribution in [-0.2, 0) is 9.47 Å². The molecule has 18 heavy (non-hydrogen) atoms. The second-order valence-corrected chi connectivity index (χ2v) is 3.30. The number of hydrogen-bond donors (Lipinski definition) is 2. The van der Waals surface area contributed by atoms with Crippen LogP contribution in [0, 0.1) is 5.82 Å². The minimum atomic E-state index is -0.630. The van der Waals surface area contributed by atoms with E-state index in [2.05, 4.69) is 15.4 Å². The minimum absolute atomic E-state index is 0.0998. The highest BCUT2D eigenvalue weighted by atomic mass is 19.1. The maximum Gasteiger partial charge on any atom is 0.255 e. The van der Waals surface area contributed by atoms with E-state index in [1.165, 1.54) is 0 Å². The summed E-state index contributed by atoms with van der Waals surface area (Å²) in [4.78, 5) is 7.33. The van der Waals surface area contributed by atoms with Crippen molar-refractivity contribution in [1.82, 2.24) is 9.97 Å². The molecule has 0 saturated heterocycles. The summed E-state index contributed by atoms with van der Waals surface area (Å²) in [5, 5.41) is 0.